The molecule has 2 amide bonds. The maximum Gasteiger partial charge on any atom is 0.321 e. The number of nitrogens with one attached hydrogen (secondary N) is 2. The normalized spacial score (nSPS) is 22.5. The SMILES string of the molecule is O=C(Nc1nccs1)NC1CCC(n2nc3c(cc2=O)CCCC3)CC1. The lowest BCUT2D eigenvalue weighted by Gasteiger charge is -2.30. The van der Waals surface area contributed by atoms with Crippen molar-refractivity contribution >= 4 is 22.5 Å². The first-order chi connectivity index (χ1) is 12.7. The van der Waals surface area contributed by atoms with Gasteiger partial charge in [0.2, 0.25) is 0 Å². The van der Waals surface area contributed by atoms with E-state index in [4.69, 9.17) is 0 Å². The summed E-state index contributed by atoms with van der Waals surface area (Å²) in [6.45, 7) is 0. The molecule has 0 aliphatic heterocycles. The van der Waals surface area contributed by atoms with E-state index < -0.39 is 0 Å². The van der Waals surface area contributed by atoms with Gasteiger partial charge in [-0.05, 0) is 56.9 Å². The summed E-state index contributed by atoms with van der Waals surface area (Å²) >= 11 is 1.39. The molecule has 1 fully saturated rings. The van der Waals surface area contributed by atoms with Crippen molar-refractivity contribution in [1.82, 2.24) is 20.1 Å². The molecule has 2 heterocycles. The van der Waals surface area contributed by atoms with Gasteiger partial charge in [0.15, 0.2) is 5.13 Å². The fraction of sp³-hybridized carbons (Fsp3) is 0.556. The van der Waals surface area contributed by atoms with Gasteiger partial charge in [-0.3, -0.25) is 10.1 Å². The van der Waals surface area contributed by atoms with Gasteiger partial charge in [-0.15, -0.1) is 11.3 Å². The van der Waals surface area contributed by atoms with Gasteiger partial charge in [0.1, 0.15) is 0 Å². The van der Waals surface area contributed by atoms with Crippen LogP contribution < -0.4 is 16.2 Å². The predicted octanol–water partition coefficient (Wildman–Crippen LogP) is 2.88. The molecule has 0 radical (unpaired) electrons. The summed E-state index contributed by atoms with van der Waals surface area (Å²) in [5, 5.41) is 12.8. The Labute approximate surface area is 155 Å². The minimum absolute atomic E-state index is 0.0172. The lowest BCUT2D eigenvalue weighted by atomic mass is 9.91. The van der Waals surface area contributed by atoms with Crippen LogP contribution in [-0.4, -0.2) is 26.8 Å². The lowest BCUT2D eigenvalue weighted by molar-refractivity contribution is 0.234. The zero-order valence-electron chi connectivity index (χ0n) is 14.6. The van der Waals surface area contributed by atoms with E-state index in [2.05, 4.69) is 20.7 Å². The van der Waals surface area contributed by atoms with Crippen molar-refractivity contribution in [3.05, 3.63) is 39.3 Å². The summed E-state index contributed by atoms with van der Waals surface area (Å²) in [6, 6.07) is 1.83. The minimum atomic E-state index is -0.215. The van der Waals surface area contributed by atoms with Gasteiger partial charge >= 0.3 is 6.03 Å². The zero-order valence-corrected chi connectivity index (χ0v) is 15.4. The fourth-order valence-corrected chi connectivity index (χ4v) is 4.43. The average molecular weight is 373 g/mol. The molecule has 26 heavy (non-hydrogen) atoms. The molecule has 0 atom stereocenters. The molecular formula is C18H23N5O2S. The molecular weight excluding hydrogens is 350 g/mol. The first kappa shape index (κ1) is 17.2. The van der Waals surface area contributed by atoms with E-state index in [0.717, 1.165) is 62.6 Å². The topological polar surface area (TPSA) is 88.9 Å². The Balaban J connectivity index is 1.35. The summed E-state index contributed by atoms with van der Waals surface area (Å²) < 4.78 is 1.69. The molecule has 2 aromatic heterocycles. The Morgan fingerprint density at radius 1 is 1.19 bits per heavy atom. The van der Waals surface area contributed by atoms with Crippen molar-refractivity contribution < 1.29 is 4.79 Å². The quantitative estimate of drug-likeness (QED) is 0.866. The monoisotopic (exact) mass is 373 g/mol. The molecule has 2 N–H and O–H groups in total. The predicted molar refractivity (Wildman–Crippen MR) is 101 cm³/mol. The van der Waals surface area contributed by atoms with Crippen LogP contribution in [0.2, 0.25) is 0 Å². The highest BCUT2D eigenvalue weighted by molar-refractivity contribution is 7.13. The summed E-state index contributed by atoms with van der Waals surface area (Å²) in [6.07, 6.45) is 9.33. The Morgan fingerprint density at radius 2 is 2.00 bits per heavy atom. The molecule has 0 saturated heterocycles. The molecule has 8 heteroatoms. The van der Waals surface area contributed by atoms with Crippen LogP contribution in [0.3, 0.4) is 0 Å². The molecule has 2 aliphatic rings. The molecule has 4 rings (SSSR count). The van der Waals surface area contributed by atoms with E-state index in [1.54, 1.807) is 16.9 Å². The number of aryl methyl sites for hydroxylation is 2. The number of thiazole rings is 1. The highest BCUT2D eigenvalue weighted by Gasteiger charge is 2.26. The molecule has 0 unspecified atom stereocenters. The van der Waals surface area contributed by atoms with E-state index in [1.807, 2.05) is 5.38 Å². The number of anilines is 1. The van der Waals surface area contributed by atoms with Crippen LogP contribution in [0.1, 0.15) is 55.8 Å². The first-order valence-corrected chi connectivity index (χ1v) is 10.2. The van der Waals surface area contributed by atoms with Crippen molar-refractivity contribution in [2.75, 3.05) is 5.32 Å². The van der Waals surface area contributed by atoms with E-state index in [0.29, 0.717) is 5.13 Å². The van der Waals surface area contributed by atoms with E-state index >= 15 is 0 Å². The Morgan fingerprint density at radius 3 is 2.77 bits per heavy atom. The summed E-state index contributed by atoms with van der Waals surface area (Å²) in [5.74, 6) is 0. The van der Waals surface area contributed by atoms with Gasteiger partial charge in [0.05, 0.1) is 11.7 Å². The van der Waals surface area contributed by atoms with Crippen LogP contribution in [0.5, 0.6) is 0 Å². The van der Waals surface area contributed by atoms with Crippen LogP contribution in [-0.2, 0) is 12.8 Å². The molecule has 138 valence electrons. The van der Waals surface area contributed by atoms with Crippen LogP contribution in [0.4, 0.5) is 9.93 Å². The highest BCUT2D eigenvalue weighted by Crippen LogP contribution is 2.28. The third-order valence-electron chi connectivity index (χ3n) is 5.26. The number of carbonyl (C=O) groups is 1. The maximum absolute atomic E-state index is 12.4. The molecule has 0 aromatic carbocycles. The van der Waals surface area contributed by atoms with Gasteiger partial charge in [-0.1, -0.05) is 0 Å². The molecule has 1 saturated carbocycles. The van der Waals surface area contributed by atoms with Crippen molar-refractivity contribution in [2.45, 2.75) is 63.5 Å². The number of fused-ring (bicyclic) bond motifs is 1. The molecule has 0 spiro atoms. The first-order valence-electron chi connectivity index (χ1n) is 9.27. The van der Waals surface area contributed by atoms with Crippen molar-refractivity contribution in [2.24, 2.45) is 0 Å². The molecule has 2 aliphatic carbocycles. The second-order valence-corrected chi connectivity index (χ2v) is 7.94. The average Bonchev–Trinajstić information content (AvgIpc) is 3.15. The van der Waals surface area contributed by atoms with Crippen molar-refractivity contribution in [3.8, 4) is 0 Å². The van der Waals surface area contributed by atoms with Crippen molar-refractivity contribution in [3.63, 3.8) is 0 Å². The number of urea groups is 1. The standard InChI is InChI=1S/C18H23N5O2S/c24-16-11-12-3-1-2-4-15(12)22-23(16)14-7-5-13(6-8-14)20-17(25)21-18-19-9-10-26-18/h9-11,13-14H,1-8H2,(H2,19,20,21,25). The number of hydrogen-bond acceptors (Lipinski definition) is 5. The van der Waals surface area contributed by atoms with E-state index in [-0.39, 0.29) is 23.7 Å². The van der Waals surface area contributed by atoms with Gasteiger partial charge in [-0.2, -0.15) is 5.10 Å². The largest absolute Gasteiger partial charge is 0.335 e. The van der Waals surface area contributed by atoms with Gasteiger partial charge in [-0.25, -0.2) is 14.5 Å². The van der Waals surface area contributed by atoms with Gasteiger partial charge in [0.25, 0.3) is 5.56 Å². The van der Waals surface area contributed by atoms with Crippen LogP contribution >= 0.6 is 11.3 Å². The summed E-state index contributed by atoms with van der Waals surface area (Å²) in [4.78, 5) is 28.5. The third-order valence-corrected chi connectivity index (χ3v) is 5.95. The second-order valence-electron chi connectivity index (χ2n) is 7.05. The number of rotatable bonds is 3. The Hall–Kier alpha value is -2.22. The maximum atomic E-state index is 12.4. The summed E-state index contributed by atoms with van der Waals surface area (Å²) in [7, 11) is 0. The van der Waals surface area contributed by atoms with Crippen LogP contribution in [0.15, 0.2) is 22.4 Å². The number of nitrogens with zero attached hydrogens (tertiary/aromatic N) is 3. The van der Waals surface area contributed by atoms with Gasteiger partial charge < -0.3 is 5.32 Å². The van der Waals surface area contributed by atoms with Crippen molar-refractivity contribution in [1.29, 1.82) is 0 Å². The zero-order chi connectivity index (χ0) is 17.9. The number of aromatic nitrogens is 3. The molecule has 7 nitrogen and oxygen atoms in total. The second kappa shape index (κ2) is 7.57. The van der Waals surface area contributed by atoms with E-state index in [9.17, 15) is 9.59 Å². The molecule has 0 bridgehead atoms. The minimum Gasteiger partial charge on any atom is -0.335 e. The fourth-order valence-electron chi connectivity index (χ4n) is 3.91. The lowest BCUT2D eigenvalue weighted by Crippen LogP contribution is -2.41. The Kier molecular flexibility index (Phi) is 5.01. The van der Waals surface area contributed by atoms with Gasteiger partial charge in [0, 0.05) is 23.7 Å². The van der Waals surface area contributed by atoms with E-state index in [1.165, 1.54) is 11.3 Å². The third kappa shape index (κ3) is 3.80. The van der Waals surface area contributed by atoms with Crippen LogP contribution in [0.25, 0.3) is 0 Å². The number of hydrogen-bond donors (Lipinski definition) is 2. The number of carbonyl (C=O) groups excluding carboxylic acids is 1. The number of amides is 2. The molecule has 2 aromatic rings. The Bertz CT molecular complexity index is 825. The summed E-state index contributed by atoms with van der Waals surface area (Å²) in [5.41, 5.74) is 2.24. The van der Waals surface area contributed by atoms with Crippen LogP contribution in [0, 0.1) is 0 Å². The smallest absolute Gasteiger partial charge is 0.321 e. The highest BCUT2D eigenvalue weighted by atomic mass is 32.1.